The minimum atomic E-state index is 0.192. The number of rotatable bonds is 6. The second-order valence-corrected chi connectivity index (χ2v) is 6.42. The molecule has 0 bridgehead atoms. The van der Waals surface area contributed by atoms with Crippen LogP contribution in [0.1, 0.15) is 24.5 Å². The number of ether oxygens (including phenoxy) is 2. The number of benzene rings is 2. The largest absolute Gasteiger partial charge is 0.493 e. The Bertz CT molecular complexity index is 1020. The molecule has 2 N–H and O–H groups in total. The lowest BCUT2D eigenvalue weighted by molar-refractivity contribution is 0.356. The number of nitriles is 1. The number of nitrogens with zero attached hydrogens (tertiary/aromatic N) is 2. The van der Waals surface area contributed by atoms with Crippen LogP contribution in [-0.4, -0.2) is 19.2 Å². The van der Waals surface area contributed by atoms with Crippen molar-refractivity contribution in [3.8, 4) is 40.0 Å². The first-order chi connectivity index (χ1) is 13.6. The molecule has 3 aromatic rings. The summed E-state index contributed by atoms with van der Waals surface area (Å²) in [6, 6.07) is 17.9. The number of nitrogen functional groups attached to an aromatic ring is 1. The van der Waals surface area contributed by atoms with Crippen LogP contribution in [0, 0.1) is 11.3 Å². The van der Waals surface area contributed by atoms with Gasteiger partial charge in [0.05, 0.1) is 19.9 Å². The second kappa shape index (κ2) is 8.45. The SMILES string of the molecule is CCCc1ccc(-c2cc(-c3cccc(OC)c3OC)c(C#N)c(N)n2)cc1. The van der Waals surface area contributed by atoms with Crippen LogP contribution in [0.3, 0.4) is 0 Å². The molecule has 0 spiro atoms. The molecular weight excluding hydrogens is 350 g/mol. The van der Waals surface area contributed by atoms with E-state index >= 15 is 0 Å². The van der Waals surface area contributed by atoms with E-state index in [4.69, 9.17) is 15.2 Å². The minimum absolute atomic E-state index is 0.192. The Morgan fingerprint density at radius 3 is 2.39 bits per heavy atom. The maximum atomic E-state index is 9.67. The van der Waals surface area contributed by atoms with Crippen LogP contribution in [0.25, 0.3) is 22.4 Å². The van der Waals surface area contributed by atoms with Crippen LogP contribution >= 0.6 is 0 Å². The third kappa shape index (κ3) is 3.63. The quantitative estimate of drug-likeness (QED) is 0.669. The van der Waals surface area contributed by atoms with Gasteiger partial charge >= 0.3 is 0 Å². The molecule has 0 aliphatic heterocycles. The molecule has 1 heterocycles. The topological polar surface area (TPSA) is 81.2 Å². The molecule has 1 aromatic heterocycles. The van der Waals surface area contributed by atoms with E-state index in [9.17, 15) is 5.26 Å². The van der Waals surface area contributed by atoms with Crippen molar-refractivity contribution in [2.45, 2.75) is 19.8 Å². The first-order valence-electron chi connectivity index (χ1n) is 9.14. The Kier molecular flexibility index (Phi) is 5.81. The van der Waals surface area contributed by atoms with Gasteiger partial charge in [0.2, 0.25) is 0 Å². The Labute approximate surface area is 165 Å². The predicted molar refractivity (Wildman–Crippen MR) is 111 cm³/mol. The highest BCUT2D eigenvalue weighted by molar-refractivity contribution is 5.84. The van der Waals surface area contributed by atoms with Crippen molar-refractivity contribution in [3.05, 3.63) is 59.7 Å². The van der Waals surface area contributed by atoms with Crippen LogP contribution in [0.15, 0.2) is 48.5 Å². The normalized spacial score (nSPS) is 10.4. The second-order valence-electron chi connectivity index (χ2n) is 6.42. The maximum Gasteiger partial charge on any atom is 0.168 e. The lowest BCUT2D eigenvalue weighted by Crippen LogP contribution is -2.01. The average Bonchev–Trinajstić information content (AvgIpc) is 2.73. The molecule has 0 saturated heterocycles. The number of nitrogens with two attached hydrogens (primary N) is 1. The van der Waals surface area contributed by atoms with Crippen LogP contribution < -0.4 is 15.2 Å². The summed E-state index contributed by atoms with van der Waals surface area (Å²) in [6.07, 6.45) is 2.14. The van der Waals surface area contributed by atoms with Crippen LogP contribution in [-0.2, 0) is 6.42 Å². The van der Waals surface area contributed by atoms with Gasteiger partial charge in [0.15, 0.2) is 11.5 Å². The zero-order valence-corrected chi connectivity index (χ0v) is 16.3. The predicted octanol–water partition coefficient (Wildman–Crippen LogP) is 4.84. The summed E-state index contributed by atoms with van der Waals surface area (Å²) in [4.78, 5) is 4.46. The smallest absolute Gasteiger partial charge is 0.168 e. The summed E-state index contributed by atoms with van der Waals surface area (Å²) in [7, 11) is 3.16. The van der Waals surface area contributed by atoms with E-state index < -0.39 is 0 Å². The number of methoxy groups -OCH3 is 2. The highest BCUT2D eigenvalue weighted by atomic mass is 16.5. The number of hydrogen-bond donors (Lipinski definition) is 1. The van der Waals surface area contributed by atoms with Crippen molar-refractivity contribution in [3.63, 3.8) is 0 Å². The summed E-state index contributed by atoms with van der Waals surface area (Å²) >= 11 is 0. The lowest BCUT2D eigenvalue weighted by Gasteiger charge is -2.15. The van der Waals surface area contributed by atoms with Crippen LogP contribution in [0.2, 0.25) is 0 Å². The Balaban J connectivity index is 2.19. The minimum Gasteiger partial charge on any atom is -0.493 e. The fourth-order valence-electron chi connectivity index (χ4n) is 3.27. The molecule has 142 valence electrons. The third-order valence-electron chi connectivity index (χ3n) is 4.64. The van der Waals surface area contributed by atoms with Crippen molar-refractivity contribution >= 4 is 5.82 Å². The fourth-order valence-corrected chi connectivity index (χ4v) is 3.27. The zero-order valence-electron chi connectivity index (χ0n) is 16.3. The Hall–Kier alpha value is -3.52. The van der Waals surface area contributed by atoms with Crippen molar-refractivity contribution in [1.29, 1.82) is 5.26 Å². The summed E-state index contributed by atoms with van der Waals surface area (Å²) in [5, 5.41) is 9.67. The van der Waals surface area contributed by atoms with E-state index in [-0.39, 0.29) is 5.82 Å². The van der Waals surface area contributed by atoms with Gasteiger partial charge in [0.1, 0.15) is 17.5 Å². The molecule has 3 rings (SSSR count). The van der Waals surface area contributed by atoms with E-state index in [1.165, 1.54) is 5.56 Å². The third-order valence-corrected chi connectivity index (χ3v) is 4.64. The molecule has 0 amide bonds. The number of para-hydroxylation sites is 1. The number of pyridine rings is 1. The first kappa shape index (κ1) is 19.2. The summed E-state index contributed by atoms with van der Waals surface area (Å²) in [6.45, 7) is 2.16. The molecule has 5 nitrogen and oxygen atoms in total. The molecule has 0 saturated carbocycles. The van der Waals surface area contributed by atoms with Crippen LogP contribution in [0.4, 0.5) is 5.82 Å². The fraction of sp³-hybridized carbons (Fsp3) is 0.217. The van der Waals surface area contributed by atoms with Crippen LogP contribution in [0.5, 0.6) is 11.5 Å². The molecule has 0 atom stereocenters. The first-order valence-corrected chi connectivity index (χ1v) is 9.14. The van der Waals surface area contributed by atoms with Gasteiger partial charge < -0.3 is 15.2 Å². The highest BCUT2D eigenvalue weighted by Gasteiger charge is 2.18. The molecule has 0 aliphatic carbocycles. The van der Waals surface area contributed by atoms with E-state index in [1.807, 2.05) is 36.4 Å². The maximum absolute atomic E-state index is 9.67. The van der Waals surface area contributed by atoms with Gasteiger partial charge in [-0.25, -0.2) is 4.98 Å². The molecule has 5 heteroatoms. The van der Waals surface area contributed by atoms with Gasteiger partial charge in [-0.3, -0.25) is 0 Å². The van der Waals surface area contributed by atoms with Crippen molar-refractivity contribution in [1.82, 2.24) is 4.98 Å². The van der Waals surface area contributed by atoms with Crippen molar-refractivity contribution < 1.29 is 9.47 Å². The Morgan fingerprint density at radius 2 is 1.79 bits per heavy atom. The Morgan fingerprint density at radius 1 is 1.04 bits per heavy atom. The highest BCUT2D eigenvalue weighted by Crippen LogP contribution is 2.41. The van der Waals surface area contributed by atoms with Crippen molar-refractivity contribution in [2.75, 3.05) is 20.0 Å². The summed E-state index contributed by atoms with van der Waals surface area (Å²) in [5.41, 5.74) is 10.8. The van der Waals surface area contributed by atoms with Gasteiger partial charge in [-0.1, -0.05) is 49.7 Å². The zero-order chi connectivity index (χ0) is 20.1. The average molecular weight is 373 g/mol. The molecular formula is C23H23N3O2. The lowest BCUT2D eigenvalue weighted by atomic mass is 9.97. The van der Waals surface area contributed by atoms with Gasteiger partial charge in [0, 0.05) is 16.7 Å². The van der Waals surface area contributed by atoms with Crippen molar-refractivity contribution in [2.24, 2.45) is 0 Å². The number of aryl methyl sites for hydroxylation is 1. The van der Waals surface area contributed by atoms with E-state index in [2.05, 4.69) is 30.1 Å². The van der Waals surface area contributed by atoms with E-state index in [0.29, 0.717) is 28.3 Å². The molecule has 28 heavy (non-hydrogen) atoms. The van der Waals surface area contributed by atoms with Gasteiger partial charge in [-0.2, -0.15) is 5.26 Å². The number of hydrogen-bond acceptors (Lipinski definition) is 5. The standard InChI is InChI=1S/C23H23N3O2/c1-4-6-15-9-11-16(12-10-15)20-13-18(19(14-24)23(25)26-20)17-7-5-8-21(27-2)22(17)28-3/h5,7-13H,4,6H2,1-3H3,(H2,25,26). The number of aromatic nitrogens is 1. The van der Waals surface area contributed by atoms with E-state index in [0.717, 1.165) is 24.0 Å². The van der Waals surface area contributed by atoms with E-state index in [1.54, 1.807) is 14.2 Å². The van der Waals surface area contributed by atoms with Gasteiger partial charge in [0.25, 0.3) is 0 Å². The molecule has 0 unspecified atom stereocenters. The monoisotopic (exact) mass is 373 g/mol. The molecule has 0 fully saturated rings. The summed E-state index contributed by atoms with van der Waals surface area (Å²) in [5.74, 6) is 1.33. The number of anilines is 1. The van der Waals surface area contributed by atoms with Gasteiger partial charge in [-0.15, -0.1) is 0 Å². The summed E-state index contributed by atoms with van der Waals surface area (Å²) < 4.78 is 11.0. The molecule has 2 aromatic carbocycles. The molecule has 0 aliphatic rings. The van der Waals surface area contributed by atoms with Gasteiger partial charge in [-0.05, 0) is 24.1 Å². The molecule has 0 radical (unpaired) electrons.